The molecule has 0 aromatic carbocycles. The standard InChI is InChI=1S/C17H28N2O5S/c1-4-24-15(21)18-7-9-19(10-8-18)25(22,23)12-17-6-5-13(11-14(17)20)16(17,2)3/h13H,4-12H2,1-3H3. The molecule has 1 aliphatic heterocycles. The maximum atomic E-state index is 13.0. The molecule has 0 radical (unpaired) electrons. The van der Waals surface area contributed by atoms with Gasteiger partial charge in [0.1, 0.15) is 5.78 Å². The Kier molecular flexibility index (Phi) is 4.64. The van der Waals surface area contributed by atoms with E-state index in [2.05, 4.69) is 0 Å². The van der Waals surface area contributed by atoms with Crippen LogP contribution in [0.4, 0.5) is 4.79 Å². The minimum absolute atomic E-state index is 0.0955. The quantitative estimate of drug-likeness (QED) is 0.746. The summed E-state index contributed by atoms with van der Waals surface area (Å²) >= 11 is 0. The van der Waals surface area contributed by atoms with E-state index in [-0.39, 0.29) is 30.0 Å². The molecule has 142 valence electrons. The summed E-state index contributed by atoms with van der Waals surface area (Å²) in [5, 5.41) is 0. The van der Waals surface area contributed by atoms with Crippen molar-refractivity contribution in [3.05, 3.63) is 0 Å². The molecule has 0 N–H and O–H groups in total. The van der Waals surface area contributed by atoms with Gasteiger partial charge < -0.3 is 9.64 Å². The predicted molar refractivity (Wildman–Crippen MR) is 92.5 cm³/mol. The monoisotopic (exact) mass is 372 g/mol. The number of fused-ring (bicyclic) bond motifs is 2. The predicted octanol–water partition coefficient (Wildman–Crippen LogP) is 1.49. The van der Waals surface area contributed by atoms with E-state index in [1.165, 1.54) is 9.21 Å². The average molecular weight is 372 g/mol. The Morgan fingerprint density at radius 1 is 1.24 bits per heavy atom. The summed E-state index contributed by atoms with van der Waals surface area (Å²) in [5.41, 5.74) is -1.00. The zero-order valence-corrected chi connectivity index (χ0v) is 16.1. The maximum absolute atomic E-state index is 13.0. The van der Waals surface area contributed by atoms with Crippen LogP contribution in [-0.2, 0) is 19.6 Å². The molecular weight excluding hydrogens is 344 g/mol. The van der Waals surface area contributed by atoms with Gasteiger partial charge in [-0.1, -0.05) is 13.8 Å². The van der Waals surface area contributed by atoms with Crippen LogP contribution in [0, 0.1) is 16.7 Å². The summed E-state index contributed by atoms with van der Waals surface area (Å²) in [4.78, 5) is 25.9. The van der Waals surface area contributed by atoms with E-state index in [1.54, 1.807) is 6.92 Å². The lowest BCUT2D eigenvalue weighted by Crippen LogP contribution is -2.53. The van der Waals surface area contributed by atoms with Crippen LogP contribution in [0.15, 0.2) is 0 Å². The highest BCUT2D eigenvalue weighted by atomic mass is 32.2. The number of rotatable bonds is 4. The molecule has 1 saturated heterocycles. The van der Waals surface area contributed by atoms with Crippen LogP contribution in [0.5, 0.6) is 0 Å². The van der Waals surface area contributed by atoms with Crippen LogP contribution in [0.2, 0.25) is 0 Å². The van der Waals surface area contributed by atoms with E-state index < -0.39 is 21.5 Å². The van der Waals surface area contributed by atoms with Crippen molar-refractivity contribution in [2.45, 2.75) is 40.0 Å². The number of ether oxygens (including phenoxy) is 1. The highest BCUT2D eigenvalue weighted by molar-refractivity contribution is 7.89. The molecule has 1 amide bonds. The zero-order chi connectivity index (χ0) is 18.5. The number of nitrogens with zero attached hydrogens (tertiary/aromatic N) is 2. The second-order valence-electron chi connectivity index (χ2n) is 8.01. The lowest BCUT2D eigenvalue weighted by atomic mass is 9.70. The van der Waals surface area contributed by atoms with Gasteiger partial charge in [0.25, 0.3) is 0 Å². The lowest BCUT2D eigenvalue weighted by molar-refractivity contribution is -0.128. The fraction of sp³-hybridized carbons (Fsp3) is 0.882. The summed E-state index contributed by atoms with van der Waals surface area (Å²) < 4.78 is 32.4. The molecule has 3 fully saturated rings. The van der Waals surface area contributed by atoms with Gasteiger partial charge >= 0.3 is 6.09 Å². The summed E-state index contributed by atoms with van der Waals surface area (Å²) in [7, 11) is -3.54. The van der Waals surface area contributed by atoms with Crippen molar-refractivity contribution in [3.8, 4) is 0 Å². The third kappa shape index (κ3) is 2.87. The minimum atomic E-state index is -3.54. The third-order valence-electron chi connectivity index (χ3n) is 6.73. The van der Waals surface area contributed by atoms with Crippen molar-refractivity contribution in [1.82, 2.24) is 9.21 Å². The molecule has 2 aliphatic carbocycles. The summed E-state index contributed by atoms with van der Waals surface area (Å²) in [5.74, 6) is 0.320. The van der Waals surface area contributed by atoms with Gasteiger partial charge in [-0.3, -0.25) is 4.79 Å². The van der Waals surface area contributed by atoms with E-state index in [1.807, 2.05) is 13.8 Å². The molecule has 2 unspecified atom stereocenters. The molecule has 25 heavy (non-hydrogen) atoms. The van der Waals surface area contributed by atoms with E-state index in [4.69, 9.17) is 4.74 Å². The Morgan fingerprint density at radius 2 is 1.88 bits per heavy atom. The van der Waals surface area contributed by atoms with Gasteiger partial charge in [-0.2, -0.15) is 4.31 Å². The number of amides is 1. The zero-order valence-electron chi connectivity index (χ0n) is 15.3. The Labute approximate surface area is 149 Å². The van der Waals surface area contributed by atoms with E-state index in [9.17, 15) is 18.0 Å². The number of carbonyl (C=O) groups is 2. The van der Waals surface area contributed by atoms with Crippen LogP contribution in [0.1, 0.15) is 40.0 Å². The van der Waals surface area contributed by atoms with Crippen molar-refractivity contribution in [3.63, 3.8) is 0 Å². The highest BCUT2D eigenvalue weighted by Crippen LogP contribution is 2.64. The molecule has 8 heteroatoms. The fourth-order valence-corrected chi connectivity index (χ4v) is 7.08. The molecule has 2 bridgehead atoms. The molecule has 0 aromatic rings. The lowest BCUT2D eigenvalue weighted by Gasteiger charge is -2.39. The first-order valence-corrected chi connectivity index (χ1v) is 10.7. The van der Waals surface area contributed by atoms with E-state index >= 15 is 0 Å². The molecular formula is C17H28N2O5S. The van der Waals surface area contributed by atoms with E-state index in [0.717, 1.165) is 6.42 Å². The molecule has 2 saturated carbocycles. The Morgan fingerprint density at radius 3 is 2.36 bits per heavy atom. The molecule has 1 heterocycles. The number of sulfonamides is 1. The molecule has 7 nitrogen and oxygen atoms in total. The van der Waals surface area contributed by atoms with Crippen LogP contribution in [-0.4, -0.2) is 68.0 Å². The average Bonchev–Trinajstić information content (AvgIpc) is 2.89. The first-order valence-electron chi connectivity index (χ1n) is 9.07. The number of ketones is 1. The summed E-state index contributed by atoms with van der Waals surface area (Å²) in [6.07, 6.45) is 1.72. The van der Waals surface area contributed by atoms with Crippen LogP contribution >= 0.6 is 0 Å². The minimum Gasteiger partial charge on any atom is -0.450 e. The molecule has 0 spiro atoms. The summed E-state index contributed by atoms with van der Waals surface area (Å²) in [6, 6.07) is 0. The number of Topliss-reactive ketones (excluding diaryl/α,β-unsaturated/α-hetero) is 1. The van der Waals surface area contributed by atoms with Gasteiger partial charge in [0, 0.05) is 38.0 Å². The van der Waals surface area contributed by atoms with Crippen LogP contribution in [0.25, 0.3) is 0 Å². The van der Waals surface area contributed by atoms with Crippen LogP contribution in [0.3, 0.4) is 0 Å². The Hall–Kier alpha value is -1.15. The second kappa shape index (κ2) is 6.23. The van der Waals surface area contributed by atoms with Crippen LogP contribution < -0.4 is 0 Å². The number of carbonyl (C=O) groups excluding carboxylic acids is 2. The van der Waals surface area contributed by atoms with Gasteiger partial charge in [0.2, 0.25) is 10.0 Å². The number of hydrogen-bond donors (Lipinski definition) is 0. The third-order valence-corrected chi connectivity index (χ3v) is 8.74. The van der Waals surface area contributed by atoms with Gasteiger partial charge in [0.05, 0.1) is 12.4 Å². The first-order chi connectivity index (χ1) is 11.6. The molecule has 3 rings (SSSR count). The number of piperazine rings is 1. The maximum Gasteiger partial charge on any atom is 0.409 e. The Balaban J connectivity index is 1.70. The van der Waals surface area contributed by atoms with E-state index in [0.29, 0.717) is 38.5 Å². The SMILES string of the molecule is CCOC(=O)N1CCN(S(=O)(=O)CC23CCC(CC2=O)C3(C)C)CC1. The van der Waals surface area contributed by atoms with Gasteiger partial charge in [0.15, 0.2) is 0 Å². The highest BCUT2D eigenvalue weighted by Gasteiger charge is 2.65. The smallest absolute Gasteiger partial charge is 0.409 e. The summed E-state index contributed by atoms with van der Waals surface area (Å²) in [6.45, 7) is 7.31. The second-order valence-corrected chi connectivity index (χ2v) is 9.98. The van der Waals surface area contributed by atoms with Gasteiger partial charge in [-0.05, 0) is 31.1 Å². The first kappa shape index (κ1) is 18.6. The van der Waals surface area contributed by atoms with Crippen molar-refractivity contribution in [2.75, 3.05) is 38.5 Å². The van der Waals surface area contributed by atoms with Gasteiger partial charge in [-0.15, -0.1) is 0 Å². The molecule has 2 atom stereocenters. The van der Waals surface area contributed by atoms with Gasteiger partial charge in [-0.25, -0.2) is 13.2 Å². The van der Waals surface area contributed by atoms with Crippen molar-refractivity contribution in [1.29, 1.82) is 0 Å². The molecule has 3 aliphatic rings. The molecule has 0 aromatic heterocycles. The number of hydrogen-bond acceptors (Lipinski definition) is 5. The fourth-order valence-electron chi connectivity index (χ4n) is 4.87. The van der Waals surface area contributed by atoms with Crippen molar-refractivity contribution in [2.24, 2.45) is 16.7 Å². The normalized spacial score (nSPS) is 32.2. The Bertz CT molecular complexity index is 667. The van der Waals surface area contributed by atoms with Crippen molar-refractivity contribution >= 4 is 21.9 Å². The topological polar surface area (TPSA) is 84.0 Å². The largest absolute Gasteiger partial charge is 0.450 e. The van der Waals surface area contributed by atoms with Crippen molar-refractivity contribution < 1.29 is 22.7 Å².